The summed E-state index contributed by atoms with van der Waals surface area (Å²) < 4.78 is 6.60. The van der Waals surface area contributed by atoms with Crippen molar-refractivity contribution in [2.24, 2.45) is 0 Å². The van der Waals surface area contributed by atoms with Crippen LogP contribution in [0.15, 0.2) is 41.9 Å². The normalized spacial score (nSPS) is 10.5. The second-order valence-electron chi connectivity index (χ2n) is 6.45. The number of pyridine rings is 1. The van der Waals surface area contributed by atoms with E-state index in [4.69, 9.17) is 4.74 Å². The Balaban J connectivity index is 1.42. The van der Waals surface area contributed by atoms with Crippen LogP contribution in [0.4, 0.5) is 4.79 Å². The Morgan fingerprint density at radius 3 is 2.67 bits per heavy atom. The quantitative estimate of drug-likeness (QED) is 0.559. The molecule has 3 amide bonds. The highest BCUT2D eigenvalue weighted by atomic mass is 32.1. The topological polar surface area (TPSA) is 115 Å². The van der Waals surface area contributed by atoms with Crippen LogP contribution in [0.25, 0.3) is 5.82 Å². The maximum absolute atomic E-state index is 12.1. The zero-order valence-corrected chi connectivity index (χ0v) is 17.4. The summed E-state index contributed by atoms with van der Waals surface area (Å²) in [6.07, 6.45) is 2.03. The van der Waals surface area contributed by atoms with Crippen molar-refractivity contribution in [2.45, 2.75) is 20.3 Å². The monoisotopic (exact) mass is 427 g/mol. The number of aromatic nitrogens is 3. The number of esters is 1. The van der Waals surface area contributed by atoms with Gasteiger partial charge in [0.15, 0.2) is 12.4 Å². The van der Waals surface area contributed by atoms with Crippen molar-refractivity contribution in [1.82, 2.24) is 25.4 Å². The SMILES string of the molecule is Cc1cc(C)n(-c2ccc(C(=O)OCC(=O)NC(=O)NCCc3cccs3)cn2)n1. The number of nitrogens with zero attached hydrogens (tertiary/aromatic N) is 3. The number of amides is 3. The Kier molecular flexibility index (Phi) is 6.91. The summed E-state index contributed by atoms with van der Waals surface area (Å²) in [5.74, 6) is -0.867. The Labute approximate surface area is 177 Å². The molecule has 9 nitrogen and oxygen atoms in total. The first-order valence-electron chi connectivity index (χ1n) is 9.19. The van der Waals surface area contributed by atoms with Gasteiger partial charge in [0.2, 0.25) is 0 Å². The summed E-state index contributed by atoms with van der Waals surface area (Å²) >= 11 is 1.59. The molecule has 0 unspecified atom stereocenters. The van der Waals surface area contributed by atoms with Crippen molar-refractivity contribution in [1.29, 1.82) is 0 Å². The number of nitrogens with one attached hydrogen (secondary N) is 2. The van der Waals surface area contributed by atoms with Gasteiger partial charge < -0.3 is 10.1 Å². The molecule has 10 heteroatoms. The van der Waals surface area contributed by atoms with Gasteiger partial charge in [-0.1, -0.05) is 6.07 Å². The van der Waals surface area contributed by atoms with Gasteiger partial charge in [-0.3, -0.25) is 10.1 Å². The lowest BCUT2D eigenvalue weighted by molar-refractivity contribution is -0.123. The molecule has 156 valence electrons. The molecule has 0 saturated carbocycles. The minimum atomic E-state index is -0.718. The van der Waals surface area contributed by atoms with E-state index >= 15 is 0 Å². The zero-order valence-electron chi connectivity index (χ0n) is 16.5. The number of hydrogen-bond acceptors (Lipinski definition) is 7. The van der Waals surface area contributed by atoms with Gasteiger partial charge in [-0.2, -0.15) is 5.10 Å². The van der Waals surface area contributed by atoms with Gasteiger partial charge in [0, 0.05) is 23.3 Å². The molecule has 0 fully saturated rings. The highest BCUT2D eigenvalue weighted by molar-refractivity contribution is 7.09. The molecule has 30 heavy (non-hydrogen) atoms. The Morgan fingerprint density at radius 2 is 2.03 bits per heavy atom. The Morgan fingerprint density at radius 1 is 1.20 bits per heavy atom. The Bertz CT molecular complexity index is 1030. The molecule has 0 spiro atoms. The number of urea groups is 1. The fraction of sp³-hybridized carbons (Fsp3) is 0.250. The summed E-state index contributed by atoms with van der Waals surface area (Å²) in [6, 6.07) is 8.35. The van der Waals surface area contributed by atoms with Crippen molar-refractivity contribution >= 4 is 29.2 Å². The second-order valence-corrected chi connectivity index (χ2v) is 7.49. The van der Waals surface area contributed by atoms with Crippen LogP contribution in [0, 0.1) is 13.8 Å². The fourth-order valence-electron chi connectivity index (χ4n) is 2.67. The average molecular weight is 427 g/mol. The van der Waals surface area contributed by atoms with Crippen LogP contribution in [-0.4, -0.2) is 45.8 Å². The van der Waals surface area contributed by atoms with E-state index in [9.17, 15) is 14.4 Å². The molecule has 3 aromatic heterocycles. The predicted octanol–water partition coefficient (Wildman–Crippen LogP) is 2.17. The first-order valence-corrected chi connectivity index (χ1v) is 10.1. The van der Waals surface area contributed by atoms with Crippen LogP contribution >= 0.6 is 11.3 Å². The van der Waals surface area contributed by atoms with Crippen LogP contribution in [-0.2, 0) is 16.0 Å². The molecule has 0 aromatic carbocycles. The third-order valence-electron chi connectivity index (χ3n) is 4.03. The van der Waals surface area contributed by atoms with Gasteiger partial charge in [-0.25, -0.2) is 19.3 Å². The van der Waals surface area contributed by atoms with E-state index in [2.05, 4.69) is 20.7 Å². The molecular weight excluding hydrogens is 406 g/mol. The number of hydrogen-bond donors (Lipinski definition) is 2. The fourth-order valence-corrected chi connectivity index (χ4v) is 3.38. The number of thiophene rings is 1. The molecule has 0 saturated heterocycles. The number of imide groups is 1. The van der Waals surface area contributed by atoms with Gasteiger partial charge >= 0.3 is 12.0 Å². The lowest BCUT2D eigenvalue weighted by Crippen LogP contribution is -2.42. The number of ether oxygens (including phenoxy) is 1. The van der Waals surface area contributed by atoms with E-state index in [-0.39, 0.29) is 5.56 Å². The summed E-state index contributed by atoms with van der Waals surface area (Å²) in [6.45, 7) is 3.61. The molecule has 0 aliphatic carbocycles. The van der Waals surface area contributed by atoms with Crippen molar-refractivity contribution in [3.63, 3.8) is 0 Å². The molecule has 0 aliphatic heterocycles. The van der Waals surface area contributed by atoms with Crippen LogP contribution in [0.5, 0.6) is 0 Å². The maximum atomic E-state index is 12.1. The van der Waals surface area contributed by atoms with Crippen molar-refractivity contribution in [2.75, 3.05) is 13.2 Å². The van der Waals surface area contributed by atoms with Gasteiger partial charge in [0.1, 0.15) is 0 Å². The maximum Gasteiger partial charge on any atom is 0.340 e. The van der Waals surface area contributed by atoms with Crippen molar-refractivity contribution in [3.8, 4) is 5.82 Å². The largest absolute Gasteiger partial charge is 0.452 e. The predicted molar refractivity (Wildman–Crippen MR) is 111 cm³/mol. The highest BCUT2D eigenvalue weighted by Crippen LogP contribution is 2.11. The first kappa shape index (κ1) is 21.2. The van der Waals surface area contributed by atoms with Crippen LogP contribution in [0.3, 0.4) is 0 Å². The van der Waals surface area contributed by atoms with Crippen LogP contribution in [0.2, 0.25) is 0 Å². The standard InChI is InChI=1S/C20H21N5O4S/c1-13-10-14(2)25(24-13)17-6-5-15(11-22-17)19(27)29-12-18(26)23-20(28)21-8-7-16-4-3-9-30-16/h3-6,9-11H,7-8,12H2,1-2H3,(H2,21,23,26,28). The molecule has 2 N–H and O–H groups in total. The summed E-state index contributed by atoms with van der Waals surface area (Å²) in [5.41, 5.74) is 1.97. The molecule has 3 rings (SSSR count). The van der Waals surface area contributed by atoms with Gasteiger partial charge in [0.05, 0.1) is 11.3 Å². The number of aryl methyl sites for hydroxylation is 2. The summed E-state index contributed by atoms with van der Waals surface area (Å²) in [4.78, 5) is 40.9. The van der Waals surface area contributed by atoms with E-state index < -0.39 is 24.5 Å². The van der Waals surface area contributed by atoms with Crippen LogP contribution < -0.4 is 10.6 Å². The number of carbonyl (C=O) groups is 3. The minimum absolute atomic E-state index is 0.188. The molecule has 3 heterocycles. The number of rotatable bonds is 7. The van der Waals surface area contributed by atoms with E-state index in [0.29, 0.717) is 18.8 Å². The van der Waals surface area contributed by atoms with Crippen LogP contribution in [0.1, 0.15) is 26.6 Å². The Hall–Kier alpha value is -3.53. The molecule has 0 bridgehead atoms. The summed E-state index contributed by atoms with van der Waals surface area (Å²) in [5, 5.41) is 11.0. The molecular formula is C20H21N5O4S. The van der Waals surface area contributed by atoms with E-state index in [1.807, 2.05) is 37.4 Å². The lowest BCUT2D eigenvalue weighted by atomic mass is 10.3. The van der Waals surface area contributed by atoms with Crippen molar-refractivity contribution in [3.05, 3.63) is 63.7 Å². The minimum Gasteiger partial charge on any atom is -0.452 e. The lowest BCUT2D eigenvalue weighted by Gasteiger charge is -2.08. The van der Waals surface area contributed by atoms with Gasteiger partial charge in [-0.05, 0) is 49.9 Å². The first-order chi connectivity index (χ1) is 14.4. The average Bonchev–Trinajstić information content (AvgIpc) is 3.35. The van der Waals surface area contributed by atoms with Gasteiger partial charge in [-0.15, -0.1) is 11.3 Å². The molecule has 0 radical (unpaired) electrons. The zero-order chi connectivity index (χ0) is 21.5. The van der Waals surface area contributed by atoms with Crippen molar-refractivity contribution < 1.29 is 19.1 Å². The third-order valence-corrected chi connectivity index (χ3v) is 4.97. The van der Waals surface area contributed by atoms with Gasteiger partial charge in [0.25, 0.3) is 5.91 Å². The second kappa shape index (κ2) is 9.79. The molecule has 0 atom stereocenters. The highest BCUT2D eigenvalue weighted by Gasteiger charge is 2.14. The third kappa shape index (κ3) is 5.74. The molecule has 3 aromatic rings. The van der Waals surface area contributed by atoms with E-state index in [1.165, 1.54) is 12.3 Å². The number of carbonyl (C=O) groups excluding carboxylic acids is 3. The summed E-state index contributed by atoms with van der Waals surface area (Å²) in [7, 11) is 0. The smallest absolute Gasteiger partial charge is 0.340 e. The van der Waals surface area contributed by atoms with E-state index in [1.54, 1.807) is 22.1 Å². The van der Waals surface area contributed by atoms with E-state index in [0.717, 1.165) is 16.3 Å². The molecule has 0 aliphatic rings.